The maximum atomic E-state index is 13.6. The maximum absolute atomic E-state index is 13.6. The summed E-state index contributed by atoms with van der Waals surface area (Å²) in [6.07, 6.45) is 1.12. The summed E-state index contributed by atoms with van der Waals surface area (Å²) in [4.78, 5) is 28.3. The van der Waals surface area contributed by atoms with Crippen LogP contribution < -0.4 is 14.8 Å². The molecule has 1 aliphatic carbocycles. The van der Waals surface area contributed by atoms with Gasteiger partial charge < -0.3 is 35.0 Å². The van der Waals surface area contributed by atoms with Gasteiger partial charge in [0.15, 0.2) is 11.5 Å². The minimum absolute atomic E-state index is 0.0171. The number of rotatable bonds is 11. The fourth-order valence-corrected chi connectivity index (χ4v) is 5.24. The third-order valence-electron chi connectivity index (χ3n) is 7.19. The molecule has 0 spiro atoms. The summed E-state index contributed by atoms with van der Waals surface area (Å²) in [5, 5.41) is 33.4. The average Bonchev–Trinajstić information content (AvgIpc) is 3.34. The molecule has 0 aromatic heterocycles. The predicted octanol–water partition coefficient (Wildman–Crippen LogP) is 2.17. The molecule has 4 atom stereocenters. The highest BCUT2D eigenvalue weighted by Crippen LogP contribution is 2.51. The number of benzene rings is 2. The molecular formula is C29H35FN2O7. The molecule has 2 aliphatic rings. The standard InChI is InChI=1S/C29H35FN2O7/c1-3-4-5-24(35)32(15-17-6-8-19(30)9-7-17)22-14-21(29(37)31-10-11-33)25-20-12-18(16-34)13-23(38-2)27(20)39-28(25)26(22)36/h6-9,12-14,22,25-26,28,33-34,36H,3-5,10-11,15-16H2,1-2H3,(H,31,37). The zero-order chi connectivity index (χ0) is 28.1. The Morgan fingerprint density at radius 1 is 1.15 bits per heavy atom. The second-order valence-electron chi connectivity index (χ2n) is 9.77. The molecule has 0 bridgehead atoms. The quantitative estimate of drug-likeness (QED) is 0.343. The van der Waals surface area contributed by atoms with E-state index in [2.05, 4.69) is 5.32 Å². The lowest BCUT2D eigenvalue weighted by Gasteiger charge is -2.41. The van der Waals surface area contributed by atoms with Gasteiger partial charge in [-0.3, -0.25) is 9.59 Å². The molecule has 2 amide bonds. The van der Waals surface area contributed by atoms with Crippen molar-refractivity contribution in [1.29, 1.82) is 0 Å². The lowest BCUT2D eigenvalue weighted by atomic mass is 9.77. The van der Waals surface area contributed by atoms with E-state index in [0.29, 0.717) is 34.6 Å². The number of carbonyl (C=O) groups excluding carboxylic acids is 2. The zero-order valence-electron chi connectivity index (χ0n) is 22.1. The van der Waals surface area contributed by atoms with Crippen molar-refractivity contribution in [2.75, 3.05) is 20.3 Å². The van der Waals surface area contributed by atoms with Crippen molar-refractivity contribution in [3.05, 3.63) is 70.6 Å². The SMILES string of the molecule is CCCCC(=O)N(Cc1ccc(F)cc1)C1C=C(C(=O)NCCO)C2c3cc(CO)cc(OC)c3OC2C1O. The lowest BCUT2D eigenvalue weighted by Crippen LogP contribution is -2.55. The first-order valence-corrected chi connectivity index (χ1v) is 13.1. The van der Waals surface area contributed by atoms with E-state index < -0.39 is 35.9 Å². The minimum Gasteiger partial charge on any atom is -0.493 e. The minimum atomic E-state index is -1.22. The number of hydrogen-bond donors (Lipinski definition) is 4. The van der Waals surface area contributed by atoms with Gasteiger partial charge in [0.25, 0.3) is 0 Å². The summed E-state index contributed by atoms with van der Waals surface area (Å²) in [6, 6.07) is 8.19. The Bertz CT molecular complexity index is 1220. The van der Waals surface area contributed by atoms with Crippen LogP contribution in [0.1, 0.15) is 48.8 Å². The van der Waals surface area contributed by atoms with Gasteiger partial charge in [-0.05, 0) is 47.9 Å². The highest BCUT2D eigenvalue weighted by molar-refractivity contribution is 5.96. The van der Waals surface area contributed by atoms with Crippen molar-refractivity contribution in [3.63, 3.8) is 0 Å². The van der Waals surface area contributed by atoms with Crippen LogP contribution in [0.15, 0.2) is 48.0 Å². The normalized spacial score (nSPS) is 21.3. The summed E-state index contributed by atoms with van der Waals surface area (Å²) in [7, 11) is 1.46. The monoisotopic (exact) mass is 542 g/mol. The van der Waals surface area contributed by atoms with Crippen LogP contribution >= 0.6 is 0 Å². The average molecular weight is 543 g/mol. The summed E-state index contributed by atoms with van der Waals surface area (Å²) in [6.45, 7) is 1.55. The van der Waals surface area contributed by atoms with Gasteiger partial charge in [0.1, 0.15) is 18.0 Å². The summed E-state index contributed by atoms with van der Waals surface area (Å²) in [5.74, 6) is -1.09. The van der Waals surface area contributed by atoms with Crippen molar-refractivity contribution in [2.24, 2.45) is 0 Å². The van der Waals surface area contributed by atoms with E-state index in [1.165, 1.54) is 24.1 Å². The van der Waals surface area contributed by atoms with Crippen molar-refractivity contribution in [1.82, 2.24) is 10.2 Å². The Labute approximate surface area is 226 Å². The summed E-state index contributed by atoms with van der Waals surface area (Å²) >= 11 is 0. The molecule has 4 rings (SSSR count). The number of amides is 2. The van der Waals surface area contributed by atoms with Crippen LogP contribution in [0.3, 0.4) is 0 Å². The van der Waals surface area contributed by atoms with E-state index in [1.807, 2.05) is 6.92 Å². The molecule has 0 radical (unpaired) electrons. The van der Waals surface area contributed by atoms with Crippen molar-refractivity contribution in [2.45, 2.75) is 63.5 Å². The van der Waals surface area contributed by atoms with Crippen LogP contribution in [0.25, 0.3) is 0 Å². The molecule has 0 fully saturated rings. The van der Waals surface area contributed by atoms with Crippen LogP contribution in [0, 0.1) is 5.82 Å². The number of carbonyl (C=O) groups is 2. The van der Waals surface area contributed by atoms with E-state index in [4.69, 9.17) is 9.47 Å². The van der Waals surface area contributed by atoms with Crippen LogP contribution in [0.5, 0.6) is 11.5 Å². The van der Waals surface area contributed by atoms with Crippen LogP contribution in [-0.2, 0) is 22.7 Å². The molecule has 4 unspecified atom stereocenters. The number of nitrogens with zero attached hydrogens (tertiary/aromatic N) is 1. The first-order valence-electron chi connectivity index (χ1n) is 13.1. The topological polar surface area (TPSA) is 129 Å². The molecule has 0 saturated heterocycles. The Kier molecular flexibility index (Phi) is 9.21. The second-order valence-corrected chi connectivity index (χ2v) is 9.77. The highest BCUT2D eigenvalue weighted by Gasteiger charge is 2.51. The summed E-state index contributed by atoms with van der Waals surface area (Å²) in [5.41, 5.74) is 2.06. The summed E-state index contributed by atoms with van der Waals surface area (Å²) < 4.78 is 25.3. The zero-order valence-corrected chi connectivity index (χ0v) is 22.1. The molecular weight excluding hydrogens is 507 g/mol. The Morgan fingerprint density at radius 3 is 2.54 bits per heavy atom. The highest BCUT2D eigenvalue weighted by atomic mass is 19.1. The van der Waals surface area contributed by atoms with Crippen molar-refractivity contribution < 1.29 is 38.8 Å². The first kappa shape index (κ1) is 28.5. The number of nitrogens with one attached hydrogen (secondary N) is 1. The third kappa shape index (κ3) is 5.93. The Morgan fingerprint density at radius 2 is 1.90 bits per heavy atom. The van der Waals surface area contributed by atoms with Gasteiger partial charge in [-0.1, -0.05) is 25.5 Å². The number of aliphatic hydroxyl groups excluding tert-OH is 3. The Hall–Kier alpha value is -3.47. The lowest BCUT2D eigenvalue weighted by molar-refractivity contribution is -0.138. The van der Waals surface area contributed by atoms with E-state index in [0.717, 1.165) is 6.42 Å². The molecule has 39 heavy (non-hydrogen) atoms. The first-order chi connectivity index (χ1) is 18.8. The van der Waals surface area contributed by atoms with E-state index in [-0.39, 0.29) is 44.2 Å². The number of fused-ring (bicyclic) bond motifs is 3. The number of ether oxygens (including phenoxy) is 2. The molecule has 10 heteroatoms. The number of aliphatic hydroxyl groups is 3. The number of unbranched alkanes of at least 4 members (excludes halogenated alkanes) is 1. The van der Waals surface area contributed by atoms with Crippen molar-refractivity contribution in [3.8, 4) is 11.5 Å². The molecule has 2 aromatic rings. The molecule has 1 aliphatic heterocycles. The van der Waals surface area contributed by atoms with Crippen molar-refractivity contribution >= 4 is 11.8 Å². The molecule has 0 saturated carbocycles. The van der Waals surface area contributed by atoms with Crippen LogP contribution in [0.4, 0.5) is 4.39 Å². The molecule has 210 valence electrons. The van der Waals surface area contributed by atoms with Crippen LogP contribution in [0.2, 0.25) is 0 Å². The maximum Gasteiger partial charge on any atom is 0.247 e. The molecule has 2 aromatic carbocycles. The molecule has 4 N–H and O–H groups in total. The smallest absolute Gasteiger partial charge is 0.247 e. The molecule has 9 nitrogen and oxygen atoms in total. The third-order valence-corrected chi connectivity index (χ3v) is 7.19. The van der Waals surface area contributed by atoms with E-state index in [1.54, 1.807) is 30.3 Å². The van der Waals surface area contributed by atoms with Gasteiger partial charge in [-0.15, -0.1) is 0 Å². The fraction of sp³-hybridized carbons (Fsp3) is 0.448. The fourth-order valence-electron chi connectivity index (χ4n) is 5.24. The second kappa shape index (κ2) is 12.6. The number of hydrogen-bond acceptors (Lipinski definition) is 7. The number of halogens is 1. The largest absolute Gasteiger partial charge is 0.493 e. The van der Waals surface area contributed by atoms with Crippen LogP contribution in [-0.4, -0.2) is 70.5 Å². The van der Waals surface area contributed by atoms with E-state index in [9.17, 15) is 29.3 Å². The predicted molar refractivity (Wildman–Crippen MR) is 141 cm³/mol. The van der Waals surface area contributed by atoms with Gasteiger partial charge in [0, 0.05) is 30.6 Å². The van der Waals surface area contributed by atoms with Gasteiger partial charge in [0.05, 0.1) is 32.3 Å². The number of methoxy groups -OCH3 is 1. The van der Waals surface area contributed by atoms with Gasteiger partial charge in [-0.25, -0.2) is 4.39 Å². The molecule has 1 heterocycles. The Balaban J connectivity index is 1.80. The van der Waals surface area contributed by atoms with E-state index >= 15 is 0 Å². The van der Waals surface area contributed by atoms with Gasteiger partial charge in [-0.2, -0.15) is 0 Å². The van der Waals surface area contributed by atoms with Gasteiger partial charge in [0.2, 0.25) is 11.8 Å². The van der Waals surface area contributed by atoms with Gasteiger partial charge >= 0.3 is 0 Å².